The van der Waals surface area contributed by atoms with E-state index in [4.69, 9.17) is 0 Å². The molecule has 5 nitrogen and oxygen atoms in total. The second kappa shape index (κ2) is 6.65. The summed E-state index contributed by atoms with van der Waals surface area (Å²) in [6, 6.07) is 5.42. The summed E-state index contributed by atoms with van der Waals surface area (Å²) in [4.78, 5) is 18.3. The van der Waals surface area contributed by atoms with Gasteiger partial charge in [-0.1, -0.05) is 13.0 Å². The van der Waals surface area contributed by atoms with Crippen LogP contribution in [0.3, 0.4) is 0 Å². The molecule has 0 bridgehead atoms. The Morgan fingerprint density at radius 1 is 1.42 bits per heavy atom. The molecule has 0 saturated carbocycles. The molecule has 0 radical (unpaired) electrons. The van der Waals surface area contributed by atoms with E-state index in [1.807, 2.05) is 12.1 Å². The van der Waals surface area contributed by atoms with E-state index < -0.39 is 10.8 Å². The Labute approximate surface area is 115 Å². The highest BCUT2D eigenvalue weighted by Crippen LogP contribution is 2.10. The smallest absolute Gasteiger partial charge is 0.272 e. The maximum absolute atomic E-state index is 12.3. The van der Waals surface area contributed by atoms with Gasteiger partial charge in [0.25, 0.3) is 5.91 Å². The van der Waals surface area contributed by atoms with Crippen molar-refractivity contribution >= 4 is 22.5 Å². The van der Waals surface area contributed by atoms with E-state index in [0.29, 0.717) is 30.3 Å². The Morgan fingerprint density at radius 3 is 2.84 bits per heavy atom. The fraction of sp³-hybridized carbons (Fsp3) is 0.538. The number of nitrogens with one attached hydrogen (secondary N) is 1. The molecule has 6 heteroatoms. The lowest BCUT2D eigenvalue weighted by Crippen LogP contribution is -2.42. The van der Waals surface area contributed by atoms with Crippen LogP contribution in [0.4, 0.5) is 5.82 Å². The third kappa shape index (κ3) is 3.76. The van der Waals surface area contributed by atoms with Gasteiger partial charge in [-0.05, 0) is 18.6 Å². The fourth-order valence-electron chi connectivity index (χ4n) is 1.91. The molecule has 0 atom stereocenters. The number of rotatable bonds is 4. The van der Waals surface area contributed by atoms with Crippen molar-refractivity contribution in [2.24, 2.45) is 0 Å². The van der Waals surface area contributed by atoms with Gasteiger partial charge in [-0.2, -0.15) is 0 Å². The molecule has 2 rings (SSSR count). The lowest BCUT2D eigenvalue weighted by molar-refractivity contribution is 0.0765. The van der Waals surface area contributed by atoms with Crippen molar-refractivity contribution in [1.82, 2.24) is 9.88 Å². The van der Waals surface area contributed by atoms with Gasteiger partial charge < -0.3 is 10.2 Å². The molecule has 1 aromatic heterocycles. The lowest BCUT2D eigenvalue weighted by atomic mass is 10.3. The number of nitrogens with zero attached hydrogens (tertiary/aromatic N) is 2. The van der Waals surface area contributed by atoms with Crippen molar-refractivity contribution in [3.63, 3.8) is 0 Å². The second-order valence-corrected chi connectivity index (χ2v) is 6.17. The van der Waals surface area contributed by atoms with Crippen LogP contribution in [-0.4, -0.2) is 51.1 Å². The Kier molecular flexibility index (Phi) is 4.90. The minimum Gasteiger partial charge on any atom is -0.370 e. The van der Waals surface area contributed by atoms with Gasteiger partial charge in [0.05, 0.1) is 0 Å². The van der Waals surface area contributed by atoms with E-state index in [0.717, 1.165) is 18.8 Å². The van der Waals surface area contributed by atoms with Crippen molar-refractivity contribution in [2.45, 2.75) is 13.3 Å². The highest BCUT2D eigenvalue weighted by atomic mass is 32.2. The van der Waals surface area contributed by atoms with Crippen LogP contribution >= 0.6 is 0 Å². The van der Waals surface area contributed by atoms with Crippen molar-refractivity contribution < 1.29 is 9.00 Å². The van der Waals surface area contributed by atoms with E-state index >= 15 is 0 Å². The monoisotopic (exact) mass is 281 g/mol. The van der Waals surface area contributed by atoms with Crippen LogP contribution < -0.4 is 5.32 Å². The molecule has 1 amide bonds. The average Bonchev–Trinajstić information content (AvgIpc) is 2.45. The number of hydrogen-bond acceptors (Lipinski definition) is 4. The van der Waals surface area contributed by atoms with Crippen molar-refractivity contribution in [3.05, 3.63) is 23.9 Å². The van der Waals surface area contributed by atoms with Gasteiger partial charge in [-0.25, -0.2) is 4.98 Å². The quantitative estimate of drug-likeness (QED) is 0.898. The second-order valence-electron chi connectivity index (χ2n) is 4.48. The summed E-state index contributed by atoms with van der Waals surface area (Å²) >= 11 is 0. The Hall–Kier alpha value is -1.43. The molecule has 1 aliphatic heterocycles. The highest BCUT2D eigenvalue weighted by molar-refractivity contribution is 7.85. The van der Waals surface area contributed by atoms with Crippen LogP contribution in [0.25, 0.3) is 0 Å². The Morgan fingerprint density at radius 2 is 2.16 bits per heavy atom. The predicted octanol–water partition coefficient (Wildman–Crippen LogP) is 1.11. The number of carbonyl (C=O) groups is 1. The van der Waals surface area contributed by atoms with Gasteiger partial charge in [-0.15, -0.1) is 0 Å². The molecule has 2 heterocycles. The molecule has 19 heavy (non-hydrogen) atoms. The molecular weight excluding hydrogens is 262 g/mol. The number of hydrogen-bond donors (Lipinski definition) is 1. The number of anilines is 1. The van der Waals surface area contributed by atoms with Crippen LogP contribution in [0.15, 0.2) is 18.2 Å². The zero-order chi connectivity index (χ0) is 13.7. The summed E-state index contributed by atoms with van der Waals surface area (Å²) < 4.78 is 11.3. The summed E-state index contributed by atoms with van der Waals surface area (Å²) in [7, 11) is -0.769. The van der Waals surface area contributed by atoms with Gasteiger partial charge in [-0.3, -0.25) is 9.00 Å². The molecule has 1 N–H and O–H groups in total. The predicted molar refractivity (Wildman–Crippen MR) is 76.8 cm³/mol. The standard InChI is InChI=1S/C13H19N3O2S/c1-2-6-14-12-5-3-4-11(15-12)13(17)16-7-9-19(18)10-8-16/h3-5H,2,6-10H2,1H3,(H,14,15). The van der Waals surface area contributed by atoms with Gasteiger partial charge in [0.15, 0.2) is 0 Å². The normalized spacial score (nSPS) is 16.4. The molecule has 1 fully saturated rings. The van der Waals surface area contributed by atoms with Crippen molar-refractivity contribution in [1.29, 1.82) is 0 Å². The SMILES string of the molecule is CCCNc1cccc(C(=O)N2CCS(=O)CC2)n1. The zero-order valence-corrected chi connectivity index (χ0v) is 11.9. The minimum atomic E-state index is -0.769. The summed E-state index contributed by atoms with van der Waals surface area (Å²) in [6.45, 7) is 4.03. The average molecular weight is 281 g/mol. The minimum absolute atomic E-state index is 0.0724. The summed E-state index contributed by atoms with van der Waals surface area (Å²) in [5, 5.41) is 3.17. The van der Waals surface area contributed by atoms with E-state index in [-0.39, 0.29) is 5.91 Å². The van der Waals surface area contributed by atoms with Gasteiger partial charge in [0, 0.05) is 41.9 Å². The van der Waals surface area contributed by atoms with E-state index in [9.17, 15) is 9.00 Å². The molecule has 1 aromatic rings. The number of aromatic nitrogens is 1. The molecule has 104 valence electrons. The summed E-state index contributed by atoms with van der Waals surface area (Å²) in [5.41, 5.74) is 0.453. The van der Waals surface area contributed by atoms with Crippen LogP contribution in [0.2, 0.25) is 0 Å². The molecule has 0 aromatic carbocycles. The summed E-state index contributed by atoms with van der Waals surface area (Å²) in [6.07, 6.45) is 1.01. The first kappa shape index (κ1) is 14.0. The van der Waals surface area contributed by atoms with Crippen molar-refractivity contribution in [2.75, 3.05) is 36.5 Å². The van der Waals surface area contributed by atoms with Crippen LogP contribution in [0, 0.1) is 0 Å². The molecular formula is C13H19N3O2S. The van der Waals surface area contributed by atoms with E-state index in [1.54, 1.807) is 11.0 Å². The van der Waals surface area contributed by atoms with Gasteiger partial charge in [0.2, 0.25) is 0 Å². The van der Waals surface area contributed by atoms with Crippen LogP contribution in [0.1, 0.15) is 23.8 Å². The highest BCUT2D eigenvalue weighted by Gasteiger charge is 2.22. The van der Waals surface area contributed by atoms with Gasteiger partial charge in [0.1, 0.15) is 11.5 Å². The number of carbonyl (C=O) groups excluding carboxylic acids is 1. The number of pyridine rings is 1. The van der Waals surface area contributed by atoms with E-state index in [1.165, 1.54) is 0 Å². The van der Waals surface area contributed by atoms with E-state index in [2.05, 4.69) is 17.2 Å². The molecule has 0 spiro atoms. The first-order chi connectivity index (χ1) is 9.20. The molecule has 1 aliphatic rings. The van der Waals surface area contributed by atoms with Crippen LogP contribution in [-0.2, 0) is 10.8 Å². The Balaban J connectivity index is 2.04. The third-order valence-corrected chi connectivity index (χ3v) is 4.27. The fourth-order valence-corrected chi connectivity index (χ4v) is 2.96. The molecule has 0 aliphatic carbocycles. The maximum Gasteiger partial charge on any atom is 0.272 e. The van der Waals surface area contributed by atoms with Crippen molar-refractivity contribution in [3.8, 4) is 0 Å². The lowest BCUT2D eigenvalue weighted by Gasteiger charge is -2.26. The largest absolute Gasteiger partial charge is 0.370 e. The zero-order valence-electron chi connectivity index (χ0n) is 11.1. The maximum atomic E-state index is 12.3. The van der Waals surface area contributed by atoms with Gasteiger partial charge >= 0.3 is 0 Å². The number of amides is 1. The molecule has 1 saturated heterocycles. The van der Waals surface area contributed by atoms with Crippen LogP contribution in [0.5, 0.6) is 0 Å². The Bertz CT molecular complexity index is 469. The topological polar surface area (TPSA) is 62.3 Å². The first-order valence-corrected chi connectivity index (χ1v) is 8.04. The third-order valence-electron chi connectivity index (χ3n) is 2.99. The summed E-state index contributed by atoms with van der Waals surface area (Å²) in [5.74, 6) is 1.80. The molecule has 0 unspecified atom stereocenters. The first-order valence-electron chi connectivity index (χ1n) is 6.56.